The Kier molecular flexibility index (Phi) is 20.3. The van der Waals surface area contributed by atoms with Crippen LogP contribution in [0, 0.1) is 0 Å². The quantitative estimate of drug-likeness (QED) is 0.134. The number of unbranched alkanes of at least 4 members (excludes halogenated alkanes) is 3. The van der Waals surface area contributed by atoms with Crippen LogP contribution < -0.4 is 28.3 Å². The number of amides is 1. The highest BCUT2D eigenvalue weighted by Gasteiger charge is 2.17. The van der Waals surface area contributed by atoms with Crippen molar-refractivity contribution in [1.29, 1.82) is 0 Å². The zero-order chi connectivity index (χ0) is 24.9. The number of piperazine rings is 1. The van der Waals surface area contributed by atoms with Crippen LogP contribution in [0.4, 0.5) is 11.6 Å². The fraction of sp³-hybridized carbons (Fsp3) is 0.667. The summed E-state index contributed by atoms with van der Waals surface area (Å²) in [6.07, 6.45) is 5.38. The van der Waals surface area contributed by atoms with Crippen LogP contribution >= 0.6 is 48.8 Å². The van der Waals surface area contributed by atoms with Crippen LogP contribution in [0.1, 0.15) is 49.5 Å². The third-order valence-corrected chi connectivity index (χ3v) is 5.76. The lowest BCUT2D eigenvalue weighted by Crippen LogP contribution is -2.46. The molecule has 9 N–H and O–H groups in total. The summed E-state index contributed by atoms with van der Waals surface area (Å²) >= 11 is 5.79. The maximum absolute atomic E-state index is 12.2. The van der Waals surface area contributed by atoms with Crippen LogP contribution in [0.2, 0.25) is 5.15 Å². The molecule has 1 amide bonds. The zero-order valence-corrected chi connectivity index (χ0v) is 24.4. The molecule has 0 radical (unpaired) electrons. The molecule has 1 aliphatic heterocycles. The number of carbonyl (C=O) groups is 1. The second-order valence-corrected chi connectivity index (χ2v) is 8.69. The molecule has 214 valence electrons. The minimum atomic E-state index is -0.634. The summed E-state index contributed by atoms with van der Waals surface area (Å²) in [5.74, 6) is -0.139. The van der Waals surface area contributed by atoms with E-state index in [4.69, 9.17) is 34.5 Å². The van der Waals surface area contributed by atoms with E-state index in [-0.39, 0.29) is 65.7 Å². The number of carbonyl (C=O) groups excluding carboxylic acids is 1. The highest BCUT2D eigenvalue weighted by Crippen LogP contribution is 2.17. The Labute approximate surface area is 242 Å². The van der Waals surface area contributed by atoms with Crippen molar-refractivity contribution in [3.8, 4) is 0 Å². The van der Waals surface area contributed by atoms with Crippen LogP contribution in [0.3, 0.4) is 0 Å². The van der Waals surface area contributed by atoms with Gasteiger partial charge in [-0.05, 0) is 45.7 Å². The van der Waals surface area contributed by atoms with Gasteiger partial charge in [0.2, 0.25) is 0 Å². The van der Waals surface area contributed by atoms with Crippen LogP contribution in [0.5, 0.6) is 0 Å². The van der Waals surface area contributed by atoms with Crippen LogP contribution in [-0.2, 0) is 0 Å². The third-order valence-electron chi connectivity index (χ3n) is 5.48. The van der Waals surface area contributed by atoms with Gasteiger partial charge in [0.1, 0.15) is 0 Å². The summed E-state index contributed by atoms with van der Waals surface area (Å²) < 4.78 is 0. The highest BCUT2D eigenvalue weighted by molar-refractivity contribution is 6.31. The number of aromatic nitrogens is 2. The lowest BCUT2D eigenvalue weighted by molar-refractivity contribution is 0.0972. The molecule has 0 aromatic carbocycles. The topological polar surface area (TPSA) is 190 Å². The van der Waals surface area contributed by atoms with Gasteiger partial charge in [-0.1, -0.05) is 18.0 Å². The van der Waals surface area contributed by atoms with Crippen molar-refractivity contribution < 1.29 is 4.79 Å². The molecule has 1 aliphatic rings. The fourth-order valence-corrected chi connectivity index (χ4v) is 3.71. The predicted octanol–water partition coefficient (Wildman–Crippen LogP) is 1.55. The molecule has 0 unspecified atom stereocenters. The van der Waals surface area contributed by atoms with Crippen molar-refractivity contribution in [1.82, 2.24) is 25.1 Å². The summed E-state index contributed by atoms with van der Waals surface area (Å²) in [4.78, 5) is 33.3. The van der Waals surface area contributed by atoms with Gasteiger partial charge in [-0.25, -0.2) is 9.97 Å². The van der Waals surface area contributed by atoms with Gasteiger partial charge in [0.15, 0.2) is 28.4 Å². The average molecular weight is 605 g/mol. The first-order valence-electron chi connectivity index (χ1n) is 11.7. The molecule has 0 aliphatic carbocycles. The van der Waals surface area contributed by atoms with Gasteiger partial charge < -0.3 is 32.7 Å². The number of nitrogens with two attached hydrogens (primary N) is 4. The fourth-order valence-electron chi connectivity index (χ4n) is 3.59. The number of hydrogen-bond acceptors (Lipinski definition) is 9. The minimum Gasteiger partial charge on any atom is -0.388 e. The number of hydrogen-bond donors (Lipinski definition) is 5. The molecular weight excluding hydrogens is 564 g/mol. The number of nitrogens with one attached hydrogen (secondary N) is 1. The Bertz CT molecular complexity index is 861. The first kappa shape index (κ1) is 37.3. The first-order valence-corrected chi connectivity index (χ1v) is 12.0. The Morgan fingerprint density at radius 3 is 1.95 bits per heavy atom. The smallest absolute Gasteiger partial charge is 0.280 e. The summed E-state index contributed by atoms with van der Waals surface area (Å²) in [6.45, 7) is 9.76. The molecule has 1 aromatic rings. The van der Waals surface area contributed by atoms with Gasteiger partial charge in [0, 0.05) is 39.3 Å². The van der Waals surface area contributed by atoms with E-state index in [1.54, 1.807) is 0 Å². The molecule has 0 bridgehead atoms. The van der Waals surface area contributed by atoms with E-state index in [1.165, 1.54) is 12.8 Å². The van der Waals surface area contributed by atoms with Crippen LogP contribution in [0.25, 0.3) is 0 Å². The number of nitrogens with zero attached hydrogens (tertiary/aromatic N) is 6. The number of guanidine groups is 1. The second-order valence-electron chi connectivity index (χ2n) is 8.33. The molecule has 1 saturated heterocycles. The molecule has 0 spiro atoms. The van der Waals surface area contributed by atoms with Gasteiger partial charge >= 0.3 is 0 Å². The number of anilines is 2. The largest absolute Gasteiger partial charge is 0.388 e. The Morgan fingerprint density at radius 2 is 1.38 bits per heavy atom. The molecule has 12 nitrogen and oxygen atoms in total. The Balaban J connectivity index is 0. The summed E-state index contributed by atoms with van der Waals surface area (Å²) in [7, 11) is 0. The summed E-state index contributed by atoms with van der Waals surface area (Å²) in [5.41, 5.74) is 22.4. The molecular formula is C21H41Cl4N11O. The summed E-state index contributed by atoms with van der Waals surface area (Å²) in [5, 5.41) is 2.34. The zero-order valence-electron chi connectivity index (χ0n) is 21.2. The molecule has 0 saturated carbocycles. The predicted molar refractivity (Wildman–Crippen MR) is 160 cm³/mol. The maximum Gasteiger partial charge on any atom is 0.280 e. The number of rotatable bonds is 12. The van der Waals surface area contributed by atoms with Crippen molar-refractivity contribution in [3.63, 3.8) is 0 Å². The Morgan fingerprint density at radius 1 is 0.865 bits per heavy atom. The van der Waals surface area contributed by atoms with Gasteiger partial charge in [-0.3, -0.25) is 20.1 Å². The molecule has 16 heteroatoms. The van der Waals surface area contributed by atoms with E-state index in [0.717, 1.165) is 65.1 Å². The number of aliphatic imine (C=N–C) groups is 2. The van der Waals surface area contributed by atoms with Crippen molar-refractivity contribution >= 4 is 78.2 Å². The Hall–Kier alpha value is -1.83. The normalized spacial score (nSPS) is 14.8. The van der Waals surface area contributed by atoms with Crippen molar-refractivity contribution in [3.05, 3.63) is 10.8 Å². The SMILES string of the molecule is CC(N)=NCCCCCN1CCN(CCCCN=C(N)NC(=O)c2nc(Cl)c(N)nc2N)CC1.Cl.Cl.Cl. The lowest BCUT2D eigenvalue weighted by Gasteiger charge is -2.34. The number of amidine groups is 1. The van der Waals surface area contributed by atoms with Gasteiger partial charge in [0.05, 0.1) is 5.84 Å². The van der Waals surface area contributed by atoms with Crippen molar-refractivity contribution in [2.75, 3.05) is 63.8 Å². The van der Waals surface area contributed by atoms with E-state index in [1.807, 2.05) is 6.92 Å². The standard InChI is InChI=1S/C21H38ClN11O.3ClH/c1-15(23)27-7-3-2-5-9-32-11-13-33(14-12-32)10-6-4-8-28-21(26)31-20(34)16-18(24)30-19(25)17(22)29-16;;;/h2-14H2,1H3,(H2,23,27)(H4,24,25,30)(H3,26,28,31,34);3*1H. The van der Waals surface area contributed by atoms with E-state index in [0.29, 0.717) is 12.4 Å². The third kappa shape index (κ3) is 14.6. The highest BCUT2D eigenvalue weighted by atomic mass is 35.5. The number of nitrogen functional groups attached to an aromatic ring is 2. The second kappa shape index (κ2) is 20.2. The summed E-state index contributed by atoms with van der Waals surface area (Å²) in [6, 6.07) is 0. The van der Waals surface area contributed by atoms with Crippen LogP contribution in [-0.4, -0.2) is 89.8 Å². The molecule has 0 atom stereocenters. The van der Waals surface area contributed by atoms with E-state index >= 15 is 0 Å². The van der Waals surface area contributed by atoms with Gasteiger partial charge in [0.25, 0.3) is 5.91 Å². The van der Waals surface area contributed by atoms with E-state index in [9.17, 15) is 4.79 Å². The van der Waals surface area contributed by atoms with E-state index < -0.39 is 5.91 Å². The molecule has 1 fully saturated rings. The molecule has 37 heavy (non-hydrogen) atoms. The monoisotopic (exact) mass is 603 g/mol. The number of halogens is 4. The van der Waals surface area contributed by atoms with Gasteiger partial charge in [-0.2, -0.15) is 0 Å². The first-order chi connectivity index (χ1) is 16.3. The van der Waals surface area contributed by atoms with Crippen LogP contribution in [0.15, 0.2) is 9.98 Å². The lowest BCUT2D eigenvalue weighted by atomic mass is 10.2. The van der Waals surface area contributed by atoms with Crippen molar-refractivity contribution in [2.45, 2.75) is 39.0 Å². The molecule has 2 heterocycles. The van der Waals surface area contributed by atoms with Crippen molar-refractivity contribution in [2.24, 2.45) is 21.5 Å². The maximum atomic E-state index is 12.2. The van der Waals surface area contributed by atoms with Gasteiger partial charge in [-0.15, -0.1) is 37.2 Å². The average Bonchev–Trinajstić information content (AvgIpc) is 2.79. The minimum absolute atomic E-state index is 0. The van der Waals surface area contributed by atoms with E-state index in [2.05, 4.69) is 35.1 Å². The molecule has 2 rings (SSSR count). The molecule has 1 aromatic heterocycles.